The molecule has 1 aliphatic heterocycles. The Hall–Kier alpha value is -1.58. The Labute approximate surface area is 126 Å². The summed E-state index contributed by atoms with van der Waals surface area (Å²) in [4.78, 5) is 2.42. The number of hydrogen-bond donors (Lipinski definition) is 0. The lowest BCUT2D eigenvalue weighted by Gasteiger charge is -2.35. The number of ether oxygens (including phenoxy) is 2. The minimum Gasteiger partial charge on any atom is -0.492 e. The number of nitrogens with zero attached hydrogens (tertiary/aromatic N) is 1. The molecule has 1 aliphatic rings. The van der Waals surface area contributed by atoms with Crippen LogP contribution in [0.4, 0.5) is 0 Å². The lowest BCUT2D eigenvalue weighted by atomic mass is 10.1. The van der Waals surface area contributed by atoms with Crippen molar-refractivity contribution in [3.05, 3.63) is 42.5 Å². The van der Waals surface area contributed by atoms with E-state index in [1.165, 1.54) is 10.8 Å². The molecule has 21 heavy (non-hydrogen) atoms. The first-order valence-corrected chi connectivity index (χ1v) is 7.71. The summed E-state index contributed by atoms with van der Waals surface area (Å²) in [6.45, 7) is 7.91. The van der Waals surface area contributed by atoms with Crippen molar-refractivity contribution in [3.8, 4) is 5.75 Å². The molecule has 1 fully saturated rings. The van der Waals surface area contributed by atoms with Gasteiger partial charge in [0.05, 0.1) is 12.2 Å². The van der Waals surface area contributed by atoms with Crippen molar-refractivity contribution in [3.63, 3.8) is 0 Å². The third-order valence-corrected chi connectivity index (χ3v) is 3.91. The van der Waals surface area contributed by atoms with E-state index in [-0.39, 0.29) is 0 Å². The van der Waals surface area contributed by atoms with Crippen LogP contribution in [-0.2, 0) is 4.74 Å². The van der Waals surface area contributed by atoms with Gasteiger partial charge in [-0.1, -0.05) is 36.4 Å². The maximum atomic E-state index is 6.01. The molecule has 2 aromatic carbocycles. The fraction of sp³-hybridized carbons (Fsp3) is 0.444. The van der Waals surface area contributed by atoms with Gasteiger partial charge in [-0.15, -0.1) is 0 Å². The van der Waals surface area contributed by atoms with Crippen molar-refractivity contribution >= 4 is 10.8 Å². The Balaban J connectivity index is 1.59. The van der Waals surface area contributed by atoms with Crippen molar-refractivity contribution in [2.75, 3.05) is 26.2 Å². The predicted octanol–water partition coefficient (Wildman–Crippen LogP) is 3.33. The van der Waals surface area contributed by atoms with Gasteiger partial charge in [-0.05, 0) is 25.3 Å². The molecular formula is C18H23NO2. The topological polar surface area (TPSA) is 21.7 Å². The van der Waals surface area contributed by atoms with Crippen LogP contribution in [0.2, 0.25) is 0 Å². The van der Waals surface area contributed by atoms with Crippen LogP contribution in [0.25, 0.3) is 10.8 Å². The van der Waals surface area contributed by atoms with Crippen LogP contribution in [-0.4, -0.2) is 43.3 Å². The summed E-state index contributed by atoms with van der Waals surface area (Å²) in [6.07, 6.45) is 0.623. The van der Waals surface area contributed by atoms with E-state index in [4.69, 9.17) is 9.47 Å². The van der Waals surface area contributed by atoms with Crippen molar-refractivity contribution in [1.29, 1.82) is 0 Å². The van der Waals surface area contributed by atoms with E-state index in [0.29, 0.717) is 18.8 Å². The molecule has 2 aromatic rings. The monoisotopic (exact) mass is 285 g/mol. The first-order valence-electron chi connectivity index (χ1n) is 7.71. The van der Waals surface area contributed by atoms with Crippen molar-refractivity contribution in [2.24, 2.45) is 0 Å². The molecule has 0 saturated carbocycles. The zero-order valence-corrected chi connectivity index (χ0v) is 12.8. The summed E-state index contributed by atoms with van der Waals surface area (Å²) in [5.74, 6) is 0.974. The summed E-state index contributed by atoms with van der Waals surface area (Å²) in [5, 5.41) is 2.41. The van der Waals surface area contributed by atoms with Gasteiger partial charge in [0.15, 0.2) is 0 Å². The standard InChI is InChI=1S/C18H23NO2/c1-14-12-19(13-15(2)21-14)10-11-20-18-9-5-7-16-6-3-4-8-17(16)18/h3-9,14-15H,10-13H2,1-2H3/t14-,15+. The normalized spacial score (nSPS) is 23.3. The van der Waals surface area contributed by atoms with Crippen LogP contribution in [0.3, 0.4) is 0 Å². The van der Waals surface area contributed by atoms with Gasteiger partial charge < -0.3 is 9.47 Å². The highest BCUT2D eigenvalue weighted by atomic mass is 16.5. The highest BCUT2D eigenvalue weighted by Crippen LogP contribution is 2.25. The third-order valence-electron chi connectivity index (χ3n) is 3.91. The fourth-order valence-corrected chi connectivity index (χ4v) is 3.07. The zero-order valence-electron chi connectivity index (χ0n) is 12.8. The Morgan fingerprint density at radius 3 is 2.57 bits per heavy atom. The highest BCUT2D eigenvalue weighted by Gasteiger charge is 2.21. The number of benzene rings is 2. The second-order valence-corrected chi connectivity index (χ2v) is 5.84. The van der Waals surface area contributed by atoms with E-state index in [9.17, 15) is 0 Å². The van der Waals surface area contributed by atoms with Crippen molar-refractivity contribution in [1.82, 2.24) is 4.90 Å². The molecule has 0 amide bonds. The summed E-state index contributed by atoms with van der Waals surface area (Å²) >= 11 is 0. The van der Waals surface area contributed by atoms with Crippen LogP contribution < -0.4 is 4.74 Å². The van der Waals surface area contributed by atoms with Crippen LogP contribution in [0, 0.1) is 0 Å². The smallest absolute Gasteiger partial charge is 0.127 e. The van der Waals surface area contributed by atoms with E-state index in [1.54, 1.807) is 0 Å². The highest BCUT2D eigenvalue weighted by molar-refractivity contribution is 5.88. The van der Waals surface area contributed by atoms with Gasteiger partial charge in [0.25, 0.3) is 0 Å². The largest absolute Gasteiger partial charge is 0.492 e. The van der Waals surface area contributed by atoms with Gasteiger partial charge in [-0.3, -0.25) is 4.90 Å². The summed E-state index contributed by atoms with van der Waals surface area (Å²) < 4.78 is 11.8. The summed E-state index contributed by atoms with van der Waals surface area (Å²) in [5.41, 5.74) is 0. The molecule has 0 N–H and O–H groups in total. The van der Waals surface area contributed by atoms with Crippen LogP contribution in [0.1, 0.15) is 13.8 Å². The van der Waals surface area contributed by atoms with Crippen LogP contribution in [0.15, 0.2) is 42.5 Å². The second kappa shape index (κ2) is 6.46. The van der Waals surface area contributed by atoms with Crippen molar-refractivity contribution < 1.29 is 9.47 Å². The predicted molar refractivity (Wildman–Crippen MR) is 85.9 cm³/mol. The maximum absolute atomic E-state index is 6.01. The van der Waals surface area contributed by atoms with Crippen molar-refractivity contribution in [2.45, 2.75) is 26.1 Å². The molecule has 112 valence electrons. The Kier molecular flexibility index (Phi) is 4.42. The molecule has 0 spiro atoms. The quantitative estimate of drug-likeness (QED) is 0.860. The molecule has 0 unspecified atom stereocenters. The number of morpholine rings is 1. The van der Waals surface area contributed by atoms with E-state index >= 15 is 0 Å². The summed E-state index contributed by atoms with van der Waals surface area (Å²) in [6, 6.07) is 14.6. The Morgan fingerprint density at radius 2 is 1.76 bits per heavy atom. The number of hydrogen-bond acceptors (Lipinski definition) is 3. The van der Waals surface area contributed by atoms with Gasteiger partial charge in [0, 0.05) is 25.0 Å². The van der Waals surface area contributed by atoms with Gasteiger partial charge in [0.1, 0.15) is 12.4 Å². The summed E-state index contributed by atoms with van der Waals surface area (Å²) in [7, 11) is 0. The van der Waals surface area contributed by atoms with Gasteiger partial charge >= 0.3 is 0 Å². The van der Waals surface area contributed by atoms with Crippen LogP contribution >= 0.6 is 0 Å². The molecule has 1 heterocycles. The minimum atomic E-state index is 0.311. The molecule has 0 radical (unpaired) electrons. The first kappa shape index (κ1) is 14.4. The van der Waals surface area contributed by atoms with Crippen LogP contribution in [0.5, 0.6) is 5.75 Å². The average molecular weight is 285 g/mol. The lowest BCUT2D eigenvalue weighted by Crippen LogP contribution is -2.46. The van der Waals surface area contributed by atoms with Gasteiger partial charge in [-0.25, -0.2) is 0 Å². The number of rotatable bonds is 4. The lowest BCUT2D eigenvalue weighted by molar-refractivity contribution is -0.0699. The molecule has 0 bridgehead atoms. The second-order valence-electron chi connectivity index (χ2n) is 5.84. The fourth-order valence-electron chi connectivity index (χ4n) is 3.07. The number of fused-ring (bicyclic) bond motifs is 1. The molecule has 1 saturated heterocycles. The minimum absolute atomic E-state index is 0.311. The van der Waals surface area contributed by atoms with E-state index < -0.39 is 0 Å². The van der Waals surface area contributed by atoms with E-state index in [1.807, 2.05) is 6.07 Å². The Bertz CT molecular complexity index is 583. The Morgan fingerprint density at radius 1 is 1.05 bits per heavy atom. The average Bonchev–Trinajstić information content (AvgIpc) is 2.46. The van der Waals surface area contributed by atoms with E-state index in [0.717, 1.165) is 25.4 Å². The maximum Gasteiger partial charge on any atom is 0.127 e. The molecular weight excluding hydrogens is 262 g/mol. The molecule has 0 aliphatic carbocycles. The molecule has 0 aromatic heterocycles. The molecule has 3 heteroatoms. The zero-order chi connectivity index (χ0) is 14.7. The molecule has 3 nitrogen and oxygen atoms in total. The molecule has 2 atom stereocenters. The third kappa shape index (κ3) is 3.55. The van der Waals surface area contributed by atoms with Gasteiger partial charge in [0.2, 0.25) is 0 Å². The van der Waals surface area contributed by atoms with Gasteiger partial charge in [-0.2, -0.15) is 0 Å². The molecule has 3 rings (SSSR count). The van der Waals surface area contributed by atoms with E-state index in [2.05, 4.69) is 55.1 Å². The SMILES string of the molecule is C[C@@H]1CN(CCOc2cccc3ccccc23)C[C@H](C)O1. The first-order chi connectivity index (χ1) is 10.2.